The number of aryl methyl sites for hydroxylation is 2. The first-order chi connectivity index (χ1) is 14.0. The van der Waals surface area contributed by atoms with Crippen LogP contribution in [0.1, 0.15) is 27.9 Å². The highest BCUT2D eigenvalue weighted by molar-refractivity contribution is 5.94. The minimum Gasteiger partial charge on any atom is -0.454 e. The molecule has 0 aromatic heterocycles. The monoisotopic (exact) mass is 398 g/mol. The van der Waals surface area contributed by atoms with Crippen LogP contribution in [0, 0.1) is 12.7 Å². The number of halogens is 1. The van der Waals surface area contributed by atoms with Crippen LogP contribution >= 0.6 is 0 Å². The van der Waals surface area contributed by atoms with Gasteiger partial charge in [0.1, 0.15) is 5.82 Å². The molecule has 2 aromatic carbocycles. The summed E-state index contributed by atoms with van der Waals surface area (Å²) in [7, 11) is 0. The number of nitrogens with zero attached hydrogens (tertiary/aromatic N) is 2. The van der Waals surface area contributed by atoms with Crippen molar-refractivity contribution in [2.24, 2.45) is 0 Å². The van der Waals surface area contributed by atoms with Gasteiger partial charge >= 0.3 is 0 Å². The highest BCUT2D eigenvalue weighted by Crippen LogP contribution is 2.32. The number of benzene rings is 2. The average Bonchev–Trinajstić information content (AvgIpc) is 3.21. The van der Waals surface area contributed by atoms with Crippen LogP contribution in [-0.4, -0.2) is 54.6 Å². The van der Waals surface area contributed by atoms with Gasteiger partial charge in [0.15, 0.2) is 11.5 Å². The van der Waals surface area contributed by atoms with Gasteiger partial charge in [-0.3, -0.25) is 9.59 Å². The van der Waals surface area contributed by atoms with Crippen molar-refractivity contribution < 1.29 is 23.5 Å². The van der Waals surface area contributed by atoms with E-state index in [0.717, 1.165) is 17.1 Å². The lowest BCUT2D eigenvalue weighted by atomic mass is 10.1. The second kappa shape index (κ2) is 8.11. The van der Waals surface area contributed by atoms with Gasteiger partial charge in [0.25, 0.3) is 5.91 Å². The van der Waals surface area contributed by atoms with Crippen LogP contribution in [0.25, 0.3) is 0 Å². The number of piperazine rings is 1. The average molecular weight is 398 g/mol. The van der Waals surface area contributed by atoms with Gasteiger partial charge in [-0.2, -0.15) is 0 Å². The zero-order chi connectivity index (χ0) is 20.4. The third kappa shape index (κ3) is 4.18. The molecule has 4 rings (SSSR count). The molecular formula is C22H23FN2O4. The van der Waals surface area contributed by atoms with Crippen molar-refractivity contribution in [1.29, 1.82) is 0 Å². The molecule has 0 radical (unpaired) electrons. The highest BCUT2D eigenvalue weighted by atomic mass is 19.1. The Morgan fingerprint density at radius 1 is 0.966 bits per heavy atom. The molecule has 0 bridgehead atoms. The molecular weight excluding hydrogens is 375 g/mol. The van der Waals surface area contributed by atoms with E-state index in [4.69, 9.17) is 9.47 Å². The number of hydrogen-bond acceptors (Lipinski definition) is 4. The van der Waals surface area contributed by atoms with Gasteiger partial charge in [-0.05, 0) is 48.7 Å². The molecule has 0 aliphatic carbocycles. The molecule has 1 saturated heterocycles. The van der Waals surface area contributed by atoms with Gasteiger partial charge in [-0.25, -0.2) is 4.39 Å². The zero-order valence-corrected chi connectivity index (χ0v) is 16.3. The topological polar surface area (TPSA) is 59.1 Å². The maximum Gasteiger partial charge on any atom is 0.254 e. The van der Waals surface area contributed by atoms with Crippen LogP contribution in [-0.2, 0) is 11.2 Å². The number of rotatable bonds is 4. The third-order valence-electron chi connectivity index (χ3n) is 5.40. The van der Waals surface area contributed by atoms with Crippen molar-refractivity contribution in [3.8, 4) is 11.5 Å². The van der Waals surface area contributed by atoms with Crippen molar-refractivity contribution in [3.63, 3.8) is 0 Å². The number of hydrogen-bond donors (Lipinski definition) is 0. The molecule has 0 N–H and O–H groups in total. The zero-order valence-electron chi connectivity index (χ0n) is 16.3. The second-order valence-corrected chi connectivity index (χ2v) is 7.32. The molecule has 2 aromatic rings. The summed E-state index contributed by atoms with van der Waals surface area (Å²) in [6.07, 6.45) is 1.02. The summed E-state index contributed by atoms with van der Waals surface area (Å²) in [5.74, 6) is 0.935. The van der Waals surface area contributed by atoms with Crippen molar-refractivity contribution in [3.05, 3.63) is 58.9 Å². The van der Waals surface area contributed by atoms with E-state index in [1.54, 1.807) is 28.9 Å². The van der Waals surface area contributed by atoms with Crippen molar-refractivity contribution in [1.82, 2.24) is 9.80 Å². The predicted octanol–water partition coefficient (Wildman–Crippen LogP) is 2.78. The van der Waals surface area contributed by atoms with Crippen LogP contribution in [0.5, 0.6) is 11.5 Å². The number of carbonyl (C=O) groups excluding carboxylic acids is 2. The van der Waals surface area contributed by atoms with Crippen molar-refractivity contribution in [2.45, 2.75) is 19.8 Å². The summed E-state index contributed by atoms with van der Waals surface area (Å²) < 4.78 is 24.4. The fourth-order valence-electron chi connectivity index (χ4n) is 3.57. The van der Waals surface area contributed by atoms with E-state index in [1.807, 2.05) is 18.2 Å². The summed E-state index contributed by atoms with van der Waals surface area (Å²) in [5, 5.41) is 0. The van der Waals surface area contributed by atoms with Crippen molar-refractivity contribution in [2.75, 3.05) is 33.0 Å². The molecule has 29 heavy (non-hydrogen) atoms. The number of amides is 2. The first-order valence-electron chi connectivity index (χ1n) is 9.73. The highest BCUT2D eigenvalue weighted by Gasteiger charge is 2.25. The van der Waals surface area contributed by atoms with Crippen LogP contribution in [0.2, 0.25) is 0 Å². The van der Waals surface area contributed by atoms with E-state index in [2.05, 4.69) is 0 Å². The summed E-state index contributed by atoms with van der Waals surface area (Å²) in [4.78, 5) is 28.6. The lowest BCUT2D eigenvalue weighted by molar-refractivity contribution is -0.132. The molecule has 7 heteroatoms. The second-order valence-electron chi connectivity index (χ2n) is 7.32. The molecule has 2 amide bonds. The van der Waals surface area contributed by atoms with Crippen LogP contribution in [0.3, 0.4) is 0 Å². The smallest absolute Gasteiger partial charge is 0.254 e. The van der Waals surface area contributed by atoms with E-state index in [1.165, 1.54) is 6.07 Å². The lowest BCUT2D eigenvalue weighted by Gasteiger charge is -2.35. The lowest BCUT2D eigenvalue weighted by Crippen LogP contribution is -2.50. The Hall–Kier alpha value is -3.09. The van der Waals surface area contributed by atoms with E-state index >= 15 is 0 Å². The van der Waals surface area contributed by atoms with Gasteiger partial charge in [0.2, 0.25) is 12.7 Å². The Morgan fingerprint density at radius 3 is 2.45 bits per heavy atom. The van der Waals surface area contributed by atoms with Crippen LogP contribution in [0.15, 0.2) is 36.4 Å². The van der Waals surface area contributed by atoms with Gasteiger partial charge in [0, 0.05) is 38.2 Å². The Labute approximate surface area is 168 Å². The fraction of sp³-hybridized carbons (Fsp3) is 0.364. The normalized spacial score (nSPS) is 15.5. The number of carbonyl (C=O) groups is 2. The summed E-state index contributed by atoms with van der Waals surface area (Å²) >= 11 is 0. The van der Waals surface area contributed by atoms with Crippen molar-refractivity contribution >= 4 is 11.8 Å². The standard InChI is InChI=1S/C22H23FN2O4/c1-15-2-5-17(13-18(15)23)22(27)25-10-8-24(9-11-25)21(26)7-4-16-3-6-19-20(12-16)29-14-28-19/h2-3,5-6,12-13H,4,7-11,14H2,1H3. The first kappa shape index (κ1) is 19.2. The Balaban J connectivity index is 1.28. The van der Waals surface area contributed by atoms with Crippen LogP contribution < -0.4 is 9.47 Å². The largest absolute Gasteiger partial charge is 0.454 e. The third-order valence-corrected chi connectivity index (χ3v) is 5.40. The van der Waals surface area contributed by atoms with E-state index in [9.17, 15) is 14.0 Å². The SMILES string of the molecule is Cc1ccc(C(=O)N2CCN(C(=O)CCc3ccc4c(c3)OCO4)CC2)cc1F. The van der Waals surface area contributed by atoms with Gasteiger partial charge in [-0.15, -0.1) is 0 Å². The first-order valence-corrected chi connectivity index (χ1v) is 9.73. The van der Waals surface area contributed by atoms with E-state index in [-0.39, 0.29) is 24.4 Å². The fourth-order valence-corrected chi connectivity index (χ4v) is 3.57. The minimum atomic E-state index is -0.381. The quantitative estimate of drug-likeness (QED) is 0.795. The van der Waals surface area contributed by atoms with Gasteiger partial charge in [0.05, 0.1) is 0 Å². The molecule has 1 fully saturated rings. The summed E-state index contributed by atoms with van der Waals surface area (Å²) in [6, 6.07) is 10.2. The maximum atomic E-state index is 13.7. The van der Waals surface area contributed by atoms with Gasteiger partial charge in [-0.1, -0.05) is 12.1 Å². The molecule has 152 valence electrons. The summed E-state index contributed by atoms with van der Waals surface area (Å²) in [5.41, 5.74) is 1.88. The molecule has 0 unspecified atom stereocenters. The molecule has 2 aliphatic rings. The van der Waals surface area contributed by atoms with Crippen LogP contribution in [0.4, 0.5) is 4.39 Å². The minimum absolute atomic E-state index is 0.0659. The Morgan fingerprint density at radius 2 is 1.69 bits per heavy atom. The molecule has 0 atom stereocenters. The van der Waals surface area contributed by atoms with E-state index in [0.29, 0.717) is 50.1 Å². The predicted molar refractivity (Wildman–Crippen MR) is 105 cm³/mol. The Kier molecular flexibility index (Phi) is 5.38. The molecule has 2 heterocycles. The van der Waals surface area contributed by atoms with Gasteiger partial charge < -0.3 is 19.3 Å². The Bertz CT molecular complexity index is 938. The number of ether oxygens (including phenoxy) is 2. The molecule has 6 nitrogen and oxygen atoms in total. The molecule has 0 saturated carbocycles. The molecule has 0 spiro atoms. The number of fused-ring (bicyclic) bond motifs is 1. The molecule has 2 aliphatic heterocycles. The summed E-state index contributed by atoms with van der Waals surface area (Å²) in [6.45, 7) is 3.77. The van der Waals surface area contributed by atoms with E-state index < -0.39 is 0 Å². The maximum absolute atomic E-state index is 13.7.